The highest BCUT2D eigenvalue weighted by Gasteiger charge is 2.88. The van der Waals surface area contributed by atoms with Gasteiger partial charge in [-0.1, -0.05) is 27.7 Å². The van der Waals surface area contributed by atoms with Crippen LogP contribution in [0.5, 0.6) is 0 Å². The van der Waals surface area contributed by atoms with Crippen LogP contribution in [0.4, 0.5) is 0 Å². The maximum Gasteiger partial charge on any atom is 0.199 e. The van der Waals surface area contributed by atoms with Gasteiger partial charge in [0.1, 0.15) is 30.5 Å². The fraction of sp³-hybridized carbons (Fsp3) is 1.00. The van der Waals surface area contributed by atoms with Crippen LogP contribution in [0.15, 0.2) is 0 Å². The van der Waals surface area contributed by atoms with Gasteiger partial charge >= 0.3 is 0 Å². The molecule has 10 nitrogen and oxygen atoms in total. The molecule has 5 aliphatic carbocycles. The van der Waals surface area contributed by atoms with Gasteiger partial charge in [-0.3, -0.25) is 0 Å². The predicted octanol–water partition coefficient (Wildman–Crippen LogP) is 2.09. The van der Waals surface area contributed by atoms with Crippen molar-refractivity contribution in [2.75, 3.05) is 13.2 Å². The van der Waals surface area contributed by atoms with E-state index in [0.717, 1.165) is 44.9 Å². The van der Waals surface area contributed by atoms with Crippen LogP contribution in [0.25, 0.3) is 0 Å². The Kier molecular flexibility index (Phi) is 6.67. The Labute approximate surface area is 266 Å². The molecule has 3 heterocycles. The molecular weight excluding hydrogens is 580 g/mol. The molecule has 3 saturated heterocycles. The minimum Gasteiger partial charge on any atom is -0.396 e. The molecule has 2 bridgehead atoms. The zero-order valence-corrected chi connectivity index (χ0v) is 27.8. The second kappa shape index (κ2) is 9.43. The quantitative estimate of drug-likeness (QED) is 0.253. The highest BCUT2D eigenvalue weighted by Crippen LogP contribution is 2.90. The van der Waals surface area contributed by atoms with Gasteiger partial charge < -0.3 is 49.6 Å². The lowest BCUT2D eigenvalue weighted by Gasteiger charge is -2.63. The molecule has 45 heavy (non-hydrogen) atoms. The number of aliphatic hydroxyl groups excluding tert-OH is 5. The minimum absolute atomic E-state index is 0.0133. The fourth-order valence-corrected chi connectivity index (χ4v) is 13.9. The van der Waals surface area contributed by atoms with Gasteiger partial charge in [0.2, 0.25) is 0 Å². The normalized spacial score (nSPS) is 61.1. The van der Waals surface area contributed by atoms with Gasteiger partial charge in [-0.05, 0) is 105 Å². The van der Waals surface area contributed by atoms with E-state index in [1.165, 1.54) is 0 Å². The van der Waals surface area contributed by atoms with Crippen molar-refractivity contribution in [2.24, 2.45) is 50.7 Å². The highest BCUT2D eigenvalue weighted by atomic mass is 16.8. The van der Waals surface area contributed by atoms with Crippen molar-refractivity contribution in [3.63, 3.8) is 0 Å². The monoisotopic (exact) mass is 636 g/mol. The largest absolute Gasteiger partial charge is 0.396 e. The molecule has 8 aliphatic rings. The van der Waals surface area contributed by atoms with E-state index in [1.54, 1.807) is 13.8 Å². The minimum atomic E-state index is -1.30. The Hall–Kier alpha value is -0.400. The van der Waals surface area contributed by atoms with Crippen LogP contribution in [0, 0.1) is 50.7 Å². The molecule has 6 N–H and O–H groups in total. The van der Waals surface area contributed by atoms with Crippen molar-refractivity contribution in [1.29, 1.82) is 0 Å². The van der Waals surface area contributed by atoms with E-state index in [9.17, 15) is 30.6 Å². The summed E-state index contributed by atoms with van der Waals surface area (Å²) in [6.07, 6.45) is 0.888. The Bertz CT molecular complexity index is 1220. The van der Waals surface area contributed by atoms with Gasteiger partial charge in [0, 0.05) is 17.9 Å². The predicted molar refractivity (Wildman–Crippen MR) is 160 cm³/mol. The molecule has 0 aromatic heterocycles. The summed E-state index contributed by atoms with van der Waals surface area (Å²) in [7, 11) is 0. The average Bonchev–Trinajstić information content (AvgIpc) is 3.50. The van der Waals surface area contributed by atoms with Gasteiger partial charge in [-0.25, -0.2) is 0 Å². The third-order valence-corrected chi connectivity index (χ3v) is 15.9. The van der Waals surface area contributed by atoms with E-state index in [-0.39, 0.29) is 64.8 Å². The average molecular weight is 637 g/mol. The van der Waals surface area contributed by atoms with Crippen molar-refractivity contribution in [3.05, 3.63) is 0 Å². The maximum absolute atomic E-state index is 12.7. The summed E-state index contributed by atoms with van der Waals surface area (Å²) in [5.41, 5.74) is -1.89. The van der Waals surface area contributed by atoms with Crippen LogP contribution < -0.4 is 0 Å². The molecule has 1 unspecified atom stereocenters. The molecule has 0 aromatic rings. The van der Waals surface area contributed by atoms with Gasteiger partial charge in [0.15, 0.2) is 12.1 Å². The molecule has 0 radical (unpaired) electrons. The Balaban J connectivity index is 1.11. The van der Waals surface area contributed by atoms with Gasteiger partial charge in [-0.2, -0.15) is 0 Å². The fourth-order valence-electron chi connectivity index (χ4n) is 13.9. The summed E-state index contributed by atoms with van der Waals surface area (Å²) in [6, 6.07) is 0. The number of ether oxygens (including phenoxy) is 4. The first-order chi connectivity index (χ1) is 20.9. The number of fused-ring (bicyclic) bond motifs is 4. The second-order valence-electron chi connectivity index (χ2n) is 18.2. The van der Waals surface area contributed by atoms with E-state index >= 15 is 0 Å². The van der Waals surface area contributed by atoms with E-state index in [0.29, 0.717) is 12.3 Å². The van der Waals surface area contributed by atoms with Gasteiger partial charge in [-0.15, -0.1) is 0 Å². The van der Waals surface area contributed by atoms with Crippen LogP contribution in [-0.2, 0) is 18.9 Å². The molecule has 5 saturated carbocycles. The molecule has 10 heteroatoms. The molecule has 0 amide bonds. The lowest BCUT2D eigenvalue weighted by Crippen LogP contribution is -2.61. The number of rotatable bonds is 4. The van der Waals surface area contributed by atoms with Crippen LogP contribution in [0.3, 0.4) is 0 Å². The van der Waals surface area contributed by atoms with E-state index in [1.807, 2.05) is 0 Å². The topological polar surface area (TPSA) is 158 Å². The summed E-state index contributed by atoms with van der Waals surface area (Å²) in [4.78, 5) is 0. The van der Waals surface area contributed by atoms with Gasteiger partial charge in [0.05, 0.1) is 24.4 Å². The Morgan fingerprint density at radius 3 is 2.24 bits per heavy atom. The highest BCUT2D eigenvalue weighted by molar-refractivity contribution is 5.34. The van der Waals surface area contributed by atoms with Crippen molar-refractivity contribution in [3.8, 4) is 0 Å². The summed E-state index contributed by atoms with van der Waals surface area (Å²) in [5.74, 6) is -0.802. The molecule has 0 aromatic carbocycles. The third-order valence-electron chi connectivity index (χ3n) is 15.9. The Morgan fingerprint density at radius 1 is 0.867 bits per heavy atom. The third kappa shape index (κ3) is 3.61. The molecule has 3 spiro atoms. The zero-order valence-electron chi connectivity index (χ0n) is 27.8. The van der Waals surface area contributed by atoms with E-state index in [2.05, 4.69) is 27.7 Å². The van der Waals surface area contributed by atoms with E-state index < -0.39 is 53.6 Å². The Morgan fingerprint density at radius 2 is 1.56 bits per heavy atom. The smallest absolute Gasteiger partial charge is 0.199 e. The lowest BCUT2D eigenvalue weighted by atomic mass is 9.41. The molecule has 8 fully saturated rings. The summed E-state index contributed by atoms with van der Waals surface area (Å²) in [6.45, 7) is 12.6. The standard InChI is InChI=1S/C35H56O10/c1-29(2)20-7-8-21-32(6)28(40)35-25(17(14-36)13-19(44-35)26(45-35)30(3,4)41)31(32,5)11-12-34(21)16-33(20,34)10-9-22(29)43-27-24(39)23(38)18(37)15-42-27/h17-28,36-41H,7-16H2,1-6H3/t17-,18-,19+,20?,21-,22-,23-,24+,25+,26-,27-,28+,31+,32+,33+,34-,35-/m0/s1. The summed E-state index contributed by atoms with van der Waals surface area (Å²) >= 11 is 0. The van der Waals surface area contributed by atoms with Crippen LogP contribution in [0.1, 0.15) is 92.9 Å². The summed E-state index contributed by atoms with van der Waals surface area (Å²) in [5, 5.41) is 65.3. The molecule has 8 rings (SSSR count). The number of aliphatic hydroxyl groups is 6. The van der Waals surface area contributed by atoms with Crippen LogP contribution in [0.2, 0.25) is 0 Å². The number of hydrogen-bond donors (Lipinski definition) is 6. The van der Waals surface area contributed by atoms with Crippen molar-refractivity contribution >= 4 is 0 Å². The summed E-state index contributed by atoms with van der Waals surface area (Å²) < 4.78 is 25.7. The van der Waals surface area contributed by atoms with Crippen molar-refractivity contribution in [1.82, 2.24) is 0 Å². The van der Waals surface area contributed by atoms with Crippen molar-refractivity contribution < 1.29 is 49.6 Å². The first kappa shape index (κ1) is 31.8. The van der Waals surface area contributed by atoms with Crippen LogP contribution in [-0.4, -0.2) is 104 Å². The second-order valence-corrected chi connectivity index (χ2v) is 18.2. The number of hydrogen-bond acceptors (Lipinski definition) is 10. The van der Waals surface area contributed by atoms with Crippen LogP contribution >= 0.6 is 0 Å². The first-order valence-electron chi connectivity index (χ1n) is 17.6. The zero-order chi connectivity index (χ0) is 32.3. The molecule has 17 atom stereocenters. The lowest BCUT2D eigenvalue weighted by molar-refractivity contribution is -0.303. The first-order valence-corrected chi connectivity index (χ1v) is 17.6. The molecule has 3 aliphatic heterocycles. The SMILES string of the molecule is CC(C)(O)[C@H]1O[C@@]23O[C@@H]1C[C@@H](CO)[C@@H]2[C@@]1(C)CC[C@@]24C[C@@]25CC[C@H](O[C@@H]2OC[C@H](O)[C@H](O)[C@H]2O)C(C)(C)C5CC[C@H]4[C@]1(C)[C@H]3O. The van der Waals surface area contributed by atoms with Crippen molar-refractivity contribution in [2.45, 2.75) is 153 Å². The van der Waals surface area contributed by atoms with E-state index in [4.69, 9.17) is 18.9 Å². The maximum atomic E-state index is 12.7. The molecular formula is C35H56O10. The van der Waals surface area contributed by atoms with Gasteiger partial charge in [0.25, 0.3) is 0 Å². The molecule has 256 valence electrons.